The number of hydrogen-bond acceptors (Lipinski definition) is 2. The number of benzene rings is 2. The van der Waals surface area contributed by atoms with E-state index in [0.717, 1.165) is 16.3 Å². The normalized spacial score (nSPS) is 19.2. The fourth-order valence-corrected chi connectivity index (χ4v) is 2.77. The van der Waals surface area contributed by atoms with Gasteiger partial charge < -0.3 is 10.0 Å². The van der Waals surface area contributed by atoms with Crippen LogP contribution in [0.5, 0.6) is 0 Å². The molecular weight excluding hydrogens is 297 g/mol. The highest BCUT2D eigenvalue weighted by atomic mass is 35.5. The van der Waals surface area contributed by atoms with Crippen molar-refractivity contribution in [2.75, 3.05) is 0 Å². The van der Waals surface area contributed by atoms with Gasteiger partial charge in [-0.2, -0.15) is 0 Å². The highest BCUT2D eigenvalue weighted by Crippen LogP contribution is 2.32. The number of hydrogen-bond donors (Lipinski definition) is 1. The van der Waals surface area contributed by atoms with Gasteiger partial charge in [-0.3, -0.25) is 4.79 Å². The molecule has 0 fully saturated rings. The fraction of sp³-hybridized carbons (Fsp3) is 0.133. The lowest BCUT2D eigenvalue weighted by Gasteiger charge is -2.22. The molecule has 1 unspecified atom stereocenters. The molecule has 1 aliphatic rings. The van der Waals surface area contributed by atoms with Gasteiger partial charge in [-0.15, -0.1) is 0 Å². The number of nitrogens with zero attached hydrogens (tertiary/aromatic N) is 1. The zero-order chi connectivity index (χ0) is 14.3. The second kappa shape index (κ2) is 5.09. The van der Waals surface area contributed by atoms with Crippen molar-refractivity contribution in [2.45, 2.75) is 12.8 Å². The molecule has 102 valence electrons. The fourth-order valence-electron chi connectivity index (χ4n) is 2.36. The van der Waals surface area contributed by atoms with Crippen molar-refractivity contribution in [3.05, 3.63) is 58.1 Å². The molecule has 5 heteroatoms. The summed E-state index contributed by atoms with van der Waals surface area (Å²) >= 11 is 11.6. The van der Waals surface area contributed by atoms with Crippen molar-refractivity contribution < 1.29 is 9.90 Å². The van der Waals surface area contributed by atoms with Crippen molar-refractivity contribution in [1.82, 2.24) is 4.90 Å². The monoisotopic (exact) mass is 307 g/mol. The Morgan fingerprint density at radius 3 is 2.50 bits per heavy atom. The lowest BCUT2D eigenvalue weighted by molar-refractivity contribution is -0.132. The number of aliphatic hydroxyl groups excluding tert-OH is 1. The van der Waals surface area contributed by atoms with Crippen LogP contribution < -0.4 is 0 Å². The van der Waals surface area contributed by atoms with Crippen LogP contribution in [0.15, 0.2) is 52.5 Å². The van der Waals surface area contributed by atoms with Crippen LogP contribution in [-0.4, -0.2) is 22.1 Å². The Labute approximate surface area is 126 Å². The Balaban J connectivity index is 1.97. The average molecular weight is 308 g/mol. The molecule has 0 aromatic heterocycles. The zero-order valence-electron chi connectivity index (χ0n) is 10.4. The maximum absolute atomic E-state index is 12.0. The molecule has 1 amide bonds. The molecule has 2 aromatic carbocycles. The van der Waals surface area contributed by atoms with Gasteiger partial charge in [0, 0.05) is 6.54 Å². The summed E-state index contributed by atoms with van der Waals surface area (Å²) in [5.41, 5.74) is 0.936. The van der Waals surface area contributed by atoms with E-state index in [-0.39, 0.29) is 16.6 Å². The zero-order valence-corrected chi connectivity index (χ0v) is 11.9. The molecule has 2 aromatic rings. The van der Waals surface area contributed by atoms with Gasteiger partial charge in [0.15, 0.2) is 6.23 Å². The first-order valence-corrected chi connectivity index (χ1v) is 6.86. The Morgan fingerprint density at radius 1 is 1.10 bits per heavy atom. The van der Waals surface area contributed by atoms with E-state index in [4.69, 9.17) is 23.2 Å². The Morgan fingerprint density at radius 2 is 1.80 bits per heavy atom. The number of halogens is 2. The minimum absolute atomic E-state index is 0.0168. The van der Waals surface area contributed by atoms with E-state index in [1.807, 2.05) is 42.5 Å². The highest BCUT2D eigenvalue weighted by molar-refractivity contribution is 6.49. The van der Waals surface area contributed by atoms with Crippen LogP contribution in [0.1, 0.15) is 5.56 Å². The second-order valence-corrected chi connectivity index (χ2v) is 5.39. The van der Waals surface area contributed by atoms with E-state index in [9.17, 15) is 9.90 Å². The Kier molecular flexibility index (Phi) is 3.42. The minimum atomic E-state index is -1.17. The molecular formula is C15H11Cl2NO2. The van der Waals surface area contributed by atoms with E-state index in [1.165, 1.54) is 4.90 Å². The number of rotatable bonds is 2. The van der Waals surface area contributed by atoms with Gasteiger partial charge in [-0.1, -0.05) is 65.7 Å². The van der Waals surface area contributed by atoms with Crippen LogP contribution in [0.2, 0.25) is 0 Å². The molecule has 0 saturated carbocycles. The Hall–Kier alpha value is -1.55. The first-order valence-electron chi connectivity index (χ1n) is 6.10. The van der Waals surface area contributed by atoms with Crippen molar-refractivity contribution in [1.29, 1.82) is 0 Å². The van der Waals surface area contributed by atoms with Gasteiger partial charge in [0.1, 0.15) is 5.03 Å². The molecule has 0 saturated heterocycles. The summed E-state index contributed by atoms with van der Waals surface area (Å²) in [7, 11) is 0. The van der Waals surface area contributed by atoms with Gasteiger partial charge in [0.2, 0.25) is 0 Å². The second-order valence-electron chi connectivity index (χ2n) is 4.61. The molecule has 20 heavy (non-hydrogen) atoms. The van der Waals surface area contributed by atoms with E-state index in [2.05, 4.69) is 0 Å². The number of aliphatic hydroxyl groups is 1. The number of amides is 1. The van der Waals surface area contributed by atoms with Crippen molar-refractivity contribution in [3.63, 3.8) is 0 Å². The molecule has 0 aliphatic carbocycles. The summed E-state index contributed by atoms with van der Waals surface area (Å²) < 4.78 is 0. The summed E-state index contributed by atoms with van der Waals surface area (Å²) in [5.74, 6) is -0.447. The third-order valence-electron chi connectivity index (χ3n) is 3.40. The van der Waals surface area contributed by atoms with Crippen LogP contribution in [0.3, 0.4) is 0 Å². The van der Waals surface area contributed by atoms with Crippen LogP contribution in [0.4, 0.5) is 0 Å². The molecule has 0 spiro atoms. The van der Waals surface area contributed by atoms with Gasteiger partial charge in [0.05, 0.1) is 5.03 Å². The summed E-state index contributed by atoms with van der Waals surface area (Å²) in [4.78, 5) is 13.2. The van der Waals surface area contributed by atoms with E-state index in [1.54, 1.807) is 0 Å². The van der Waals surface area contributed by atoms with Gasteiger partial charge in [-0.25, -0.2) is 0 Å². The summed E-state index contributed by atoms with van der Waals surface area (Å²) in [6.07, 6.45) is -1.17. The number of carbonyl (C=O) groups excluding carboxylic acids is 1. The third-order valence-corrected chi connectivity index (χ3v) is 4.25. The standard InChI is InChI=1S/C15H11Cl2NO2/c16-12-13(17)15(20)18(14(12)19)8-10-6-3-5-9-4-1-2-7-11(9)10/h1-7,14,19H,8H2. The van der Waals surface area contributed by atoms with Crippen LogP contribution in [0.25, 0.3) is 10.8 Å². The lowest BCUT2D eigenvalue weighted by atomic mass is 10.0. The first kappa shape index (κ1) is 13.4. The van der Waals surface area contributed by atoms with Crippen molar-refractivity contribution >= 4 is 39.9 Å². The van der Waals surface area contributed by atoms with Crippen molar-refractivity contribution in [2.24, 2.45) is 0 Å². The highest BCUT2D eigenvalue weighted by Gasteiger charge is 2.36. The SMILES string of the molecule is O=C1C(Cl)=C(Cl)C(O)N1Cc1cccc2ccccc12. The molecule has 3 rings (SSSR count). The number of carbonyl (C=O) groups is 1. The molecule has 1 N–H and O–H groups in total. The molecule has 0 radical (unpaired) electrons. The van der Waals surface area contributed by atoms with Crippen LogP contribution >= 0.6 is 23.2 Å². The van der Waals surface area contributed by atoms with E-state index >= 15 is 0 Å². The maximum atomic E-state index is 12.0. The minimum Gasteiger partial charge on any atom is -0.368 e. The summed E-state index contributed by atoms with van der Waals surface area (Å²) in [6, 6.07) is 13.7. The first-order chi connectivity index (χ1) is 9.59. The maximum Gasteiger partial charge on any atom is 0.269 e. The summed E-state index contributed by atoms with van der Waals surface area (Å²) in [5, 5.41) is 12.0. The van der Waals surface area contributed by atoms with E-state index < -0.39 is 12.1 Å². The largest absolute Gasteiger partial charge is 0.368 e. The topological polar surface area (TPSA) is 40.5 Å². The number of fused-ring (bicyclic) bond motifs is 1. The predicted octanol–water partition coefficient (Wildman–Crippen LogP) is 3.19. The molecule has 0 bridgehead atoms. The Bertz CT molecular complexity index is 721. The molecule has 1 aliphatic heterocycles. The van der Waals surface area contributed by atoms with Gasteiger partial charge in [0.25, 0.3) is 5.91 Å². The molecule has 1 heterocycles. The average Bonchev–Trinajstić information content (AvgIpc) is 2.65. The molecule has 3 nitrogen and oxygen atoms in total. The van der Waals surface area contributed by atoms with Gasteiger partial charge >= 0.3 is 0 Å². The predicted molar refractivity (Wildman–Crippen MR) is 79.2 cm³/mol. The third kappa shape index (κ3) is 2.08. The summed E-state index contributed by atoms with van der Waals surface area (Å²) in [6.45, 7) is 0.258. The van der Waals surface area contributed by atoms with Crippen LogP contribution in [0, 0.1) is 0 Å². The van der Waals surface area contributed by atoms with E-state index in [0.29, 0.717) is 0 Å². The molecule has 1 atom stereocenters. The smallest absolute Gasteiger partial charge is 0.269 e. The quantitative estimate of drug-likeness (QED) is 0.925. The van der Waals surface area contributed by atoms with Gasteiger partial charge in [-0.05, 0) is 16.3 Å². The lowest BCUT2D eigenvalue weighted by Crippen LogP contribution is -2.34. The van der Waals surface area contributed by atoms with Crippen molar-refractivity contribution in [3.8, 4) is 0 Å². The van der Waals surface area contributed by atoms with Crippen LogP contribution in [-0.2, 0) is 11.3 Å².